The van der Waals surface area contributed by atoms with Crippen LogP contribution in [0.3, 0.4) is 0 Å². The van der Waals surface area contributed by atoms with Crippen LogP contribution in [0, 0.1) is 22.1 Å². The van der Waals surface area contributed by atoms with E-state index in [-0.39, 0.29) is 6.07 Å². The molecule has 1 N–H and O–H groups in total. The third-order valence-electron chi connectivity index (χ3n) is 2.26. The van der Waals surface area contributed by atoms with Crippen molar-refractivity contribution in [1.82, 2.24) is 9.78 Å². The highest BCUT2D eigenvalue weighted by Gasteiger charge is 2.33. The molecule has 1 aromatic carbocycles. The average molecular weight is 298 g/mol. The Morgan fingerprint density at radius 3 is 2.05 bits per heavy atom. The van der Waals surface area contributed by atoms with Gasteiger partial charge in [-0.1, -0.05) is 12.2 Å². The first kappa shape index (κ1) is 13.7. The predicted octanol–water partition coefficient (Wildman–Crippen LogP) is 3.97. The van der Waals surface area contributed by atoms with E-state index in [9.17, 15) is 26.3 Å². The Kier molecular flexibility index (Phi) is 3.17. The van der Waals surface area contributed by atoms with Gasteiger partial charge >= 0.3 is 6.18 Å². The van der Waals surface area contributed by atoms with Crippen LogP contribution in [-0.4, -0.2) is 9.78 Å². The highest BCUT2D eigenvalue weighted by atomic mass is 32.1. The second-order valence-electron chi connectivity index (χ2n) is 3.56. The minimum atomic E-state index is -4.71. The van der Waals surface area contributed by atoms with Gasteiger partial charge in [0, 0.05) is 18.2 Å². The third-order valence-corrected chi connectivity index (χ3v) is 2.56. The zero-order chi connectivity index (χ0) is 14.4. The maximum Gasteiger partial charge on any atom is 0.432 e. The van der Waals surface area contributed by atoms with Crippen molar-refractivity contribution in [3.05, 3.63) is 46.0 Å². The van der Waals surface area contributed by atoms with E-state index >= 15 is 0 Å². The molecule has 0 aliphatic carbocycles. The molecule has 0 atom stereocenters. The van der Waals surface area contributed by atoms with Gasteiger partial charge in [-0.05, 0) is 0 Å². The SMILES string of the molecule is Fc1cc(F)c(-n2[nH]c(C(F)(F)F)cc2=S)cc1F. The van der Waals surface area contributed by atoms with Crippen LogP contribution in [-0.2, 0) is 6.18 Å². The van der Waals surface area contributed by atoms with Crippen molar-refractivity contribution in [3.63, 3.8) is 0 Å². The molecule has 0 spiro atoms. The molecule has 0 bridgehead atoms. The second kappa shape index (κ2) is 4.41. The fraction of sp³-hybridized carbons (Fsp3) is 0.100. The summed E-state index contributed by atoms with van der Waals surface area (Å²) in [6.45, 7) is 0. The molecule has 0 saturated carbocycles. The summed E-state index contributed by atoms with van der Waals surface area (Å²) >= 11 is 4.61. The van der Waals surface area contributed by atoms with Crippen molar-refractivity contribution in [2.45, 2.75) is 6.18 Å². The molecule has 0 aliphatic rings. The minimum absolute atomic E-state index is 0.223. The van der Waals surface area contributed by atoms with Crippen molar-refractivity contribution in [2.24, 2.45) is 0 Å². The van der Waals surface area contributed by atoms with Crippen molar-refractivity contribution < 1.29 is 26.3 Å². The highest BCUT2D eigenvalue weighted by Crippen LogP contribution is 2.29. The lowest BCUT2D eigenvalue weighted by Gasteiger charge is -2.06. The van der Waals surface area contributed by atoms with E-state index in [4.69, 9.17) is 0 Å². The Morgan fingerprint density at radius 1 is 0.947 bits per heavy atom. The summed E-state index contributed by atoms with van der Waals surface area (Å²) < 4.78 is 76.5. The number of aromatic nitrogens is 2. The fourth-order valence-electron chi connectivity index (χ4n) is 1.40. The minimum Gasteiger partial charge on any atom is -0.288 e. The lowest BCUT2D eigenvalue weighted by Crippen LogP contribution is -2.08. The van der Waals surface area contributed by atoms with Gasteiger partial charge in [-0.3, -0.25) is 5.10 Å². The second-order valence-corrected chi connectivity index (χ2v) is 3.98. The Morgan fingerprint density at radius 2 is 1.53 bits per heavy atom. The van der Waals surface area contributed by atoms with Gasteiger partial charge in [0.1, 0.15) is 16.0 Å². The van der Waals surface area contributed by atoms with Crippen LogP contribution < -0.4 is 0 Å². The number of hydrogen-bond donors (Lipinski definition) is 1. The standard InChI is InChI=1S/C10H4F6N2S/c11-4-1-6(13)7(2-5(4)12)18-9(19)3-8(17-18)10(14,15)16/h1-3,17H. The van der Waals surface area contributed by atoms with Gasteiger partial charge in [0.25, 0.3) is 0 Å². The zero-order valence-electron chi connectivity index (χ0n) is 8.86. The van der Waals surface area contributed by atoms with Gasteiger partial charge in [-0.2, -0.15) is 13.2 Å². The van der Waals surface area contributed by atoms with Gasteiger partial charge in [0.2, 0.25) is 0 Å². The highest BCUT2D eigenvalue weighted by molar-refractivity contribution is 7.71. The number of alkyl halides is 3. The topological polar surface area (TPSA) is 20.7 Å². The summed E-state index contributed by atoms with van der Waals surface area (Å²) in [5.74, 6) is -4.09. The quantitative estimate of drug-likeness (QED) is 0.480. The van der Waals surface area contributed by atoms with Gasteiger partial charge in [-0.25, -0.2) is 17.9 Å². The van der Waals surface area contributed by atoms with E-state index in [1.165, 1.54) is 0 Å². The molecule has 19 heavy (non-hydrogen) atoms. The zero-order valence-corrected chi connectivity index (χ0v) is 9.67. The maximum atomic E-state index is 13.4. The number of H-pyrrole nitrogens is 1. The van der Waals surface area contributed by atoms with Crippen molar-refractivity contribution >= 4 is 12.2 Å². The summed E-state index contributed by atoms with van der Waals surface area (Å²) in [7, 11) is 0. The fourth-order valence-corrected chi connectivity index (χ4v) is 1.67. The lowest BCUT2D eigenvalue weighted by atomic mass is 10.3. The number of rotatable bonds is 1. The van der Waals surface area contributed by atoms with Gasteiger partial charge in [-0.15, -0.1) is 0 Å². The third kappa shape index (κ3) is 2.50. The molecular weight excluding hydrogens is 294 g/mol. The predicted molar refractivity (Wildman–Crippen MR) is 55.8 cm³/mol. The first-order chi connectivity index (χ1) is 8.70. The molecule has 2 aromatic rings. The molecule has 0 unspecified atom stereocenters. The summed E-state index contributed by atoms with van der Waals surface area (Å²) in [6, 6.07) is 1.19. The largest absolute Gasteiger partial charge is 0.432 e. The number of aromatic amines is 1. The summed E-state index contributed by atoms with van der Waals surface area (Å²) in [4.78, 5) is 0. The van der Waals surface area contributed by atoms with Gasteiger partial charge in [0.15, 0.2) is 17.5 Å². The van der Waals surface area contributed by atoms with Crippen molar-refractivity contribution in [2.75, 3.05) is 0 Å². The van der Waals surface area contributed by atoms with E-state index in [0.717, 1.165) is 0 Å². The Balaban J connectivity index is 2.64. The molecule has 0 amide bonds. The monoisotopic (exact) mass is 298 g/mol. The van der Waals surface area contributed by atoms with Crippen LogP contribution in [0.15, 0.2) is 18.2 Å². The van der Waals surface area contributed by atoms with Crippen LogP contribution in [0.25, 0.3) is 5.69 Å². The molecule has 102 valence electrons. The van der Waals surface area contributed by atoms with Crippen LogP contribution in [0.5, 0.6) is 0 Å². The number of halogens is 6. The van der Waals surface area contributed by atoms with E-state index in [1.807, 2.05) is 0 Å². The smallest absolute Gasteiger partial charge is 0.288 e. The molecule has 1 heterocycles. The summed E-state index contributed by atoms with van der Waals surface area (Å²) in [5.41, 5.74) is -1.86. The maximum absolute atomic E-state index is 13.4. The Bertz CT molecular complexity index is 684. The van der Waals surface area contributed by atoms with Crippen LogP contribution >= 0.6 is 12.2 Å². The number of nitrogens with one attached hydrogen (secondary N) is 1. The summed E-state index contributed by atoms with van der Waals surface area (Å²) in [5, 5.41) is 1.78. The van der Waals surface area contributed by atoms with Crippen LogP contribution in [0.4, 0.5) is 26.3 Å². The summed E-state index contributed by atoms with van der Waals surface area (Å²) in [6.07, 6.45) is -4.71. The van der Waals surface area contributed by atoms with Crippen LogP contribution in [0.2, 0.25) is 0 Å². The first-order valence-corrected chi connectivity index (χ1v) is 5.15. The van der Waals surface area contributed by atoms with E-state index < -0.39 is 39.6 Å². The molecule has 9 heteroatoms. The molecule has 0 saturated heterocycles. The Labute approximate surface area is 107 Å². The first-order valence-electron chi connectivity index (χ1n) is 4.74. The molecule has 1 aromatic heterocycles. The lowest BCUT2D eigenvalue weighted by molar-refractivity contribution is -0.141. The van der Waals surface area contributed by atoms with Gasteiger partial charge < -0.3 is 0 Å². The normalized spacial score (nSPS) is 11.9. The molecule has 2 nitrogen and oxygen atoms in total. The Hall–Kier alpha value is -1.77. The molecule has 0 radical (unpaired) electrons. The van der Waals surface area contributed by atoms with E-state index in [1.54, 1.807) is 5.10 Å². The molecule has 0 fully saturated rings. The van der Waals surface area contributed by atoms with E-state index in [2.05, 4.69) is 12.2 Å². The average Bonchev–Trinajstić information content (AvgIpc) is 2.65. The molecule has 2 rings (SSSR count). The number of nitrogens with zero attached hydrogens (tertiary/aromatic N) is 1. The van der Waals surface area contributed by atoms with Gasteiger partial charge in [0.05, 0.1) is 0 Å². The number of hydrogen-bond acceptors (Lipinski definition) is 1. The molecule has 0 aliphatic heterocycles. The number of benzene rings is 1. The van der Waals surface area contributed by atoms with Crippen LogP contribution in [0.1, 0.15) is 5.69 Å². The molecular formula is C10H4F6N2S. The van der Waals surface area contributed by atoms with Crippen molar-refractivity contribution in [3.8, 4) is 5.69 Å². The van der Waals surface area contributed by atoms with E-state index in [0.29, 0.717) is 16.8 Å². The van der Waals surface area contributed by atoms with Crippen molar-refractivity contribution in [1.29, 1.82) is 0 Å².